The highest BCUT2D eigenvalue weighted by Crippen LogP contribution is 2.16. The van der Waals surface area contributed by atoms with Crippen LogP contribution in [0.15, 0.2) is 12.4 Å². The van der Waals surface area contributed by atoms with Gasteiger partial charge in [-0.3, -0.25) is 0 Å². The Balaban J connectivity index is 1.70. The molecule has 2 aromatic heterocycles. The number of hydrogen-bond acceptors (Lipinski definition) is 5. The number of piperidine rings is 1. The molecule has 1 unspecified atom stereocenters. The van der Waals surface area contributed by atoms with E-state index in [0.717, 1.165) is 12.4 Å². The van der Waals surface area contributed by atoms with Gasteiger partial charge in [0.05, 0.1) is 0 Å². The van der Waals surface area contributed by atoms with E-state index >= 15 is 0 Å². The third kappa shape index (κ3) is 3.02. The van der Waals surface area contributed by atoms with E-state index in [0.29, 0.717) is 17.0 Å². The summed E-state index contributed by atoms with van der Waals surface area (Å²) in [5.74, 6) is 1.35. The second kappa shape index (κ2) is 5.93. The zero-order valence-electron chi connectivity index (χ0n) is 11.6. The lowest BCUT2D eigenvalue weighted by Crippen LogP contribution is -2.38. The lowest BCUT2D eigenvalue weighted by Gasteiger charge is -2.29. The van der Waals surface area contributed by atoms with Gasteiger partial charge in [-0.25, -0.2) is 0 Å². The highest BCUT2D eigenvalue weighted by Gasteiger charge is 2.15. The van der Waals surface area contributed by atoms with Crippen molar-refractivity contribution < 1.29 is 0 Å². The standard InChI is InChI=1S/C13H19ClN6/c1-10(8-19-5-3-2-4-6-19)17-12-7-11(14)18-13-15-9-16-20(12)13/h7,9-10,17H,2-6,8H2,1H3. The minimum atomic E-state index is 0.318. The van der Waals surface area contributed by atoms with Crippen LogP contribution in [-0.4, -0.2) is 50.2 Å². The van der Waals surface area contributed by atoms with Crippen LogP contribution < -0.4 is 5.32 Å². The fraction of sp³-hybridized carbons (Fsp3) is 0.615. The van der Waals surface area contributed by atoms with Gasteiger partial charge >= 0.3 is 0 Å². The summed E-state index contributed by atoms with van der Waals surface area (Å²) in [6.45, 7) is 5.59. The molecular formula is C13H19ClN6. The molecule has 1 aliphatic heterocycles. The Labute approximate surface area is 123 Å². The topological polar surface area (TPSA) is 58.3 Å². The number of rotatable bonds is 4. The van der Waals surface area contributed by atoms with Gasteiger partial charge in [0.2, 0.25) is 0 Å². The maximum absolute atomic E-state index is 6.01. The Morgan fingerprint density at radius 3 is 2.95 bits per heavy atom. The fourth-order valence-corrected chi connectivity index (χ4v) is 2.89. The van der Waals surface area contributed by atoms with Crippen molar-refractivity contribution in [2.75, 3.05) is 25.0 Å². The van der Waals surface area contributed by atoms with Crippen LogP contribution in [0.25, 0.3) is 5.78 Å². The Bertz CT molecular complexity index is 577. The quantitative estimate of drug-likeness (QED) is 0.875. The van der Waals surface area contributed by atoms with Crippen molar-refractivity contribution in [2.45, 2.75) is 32.2 Å². The molecule has 0 spiro atoms. The maximum Gasteiger partial charge on any atom is 0.255 e. The molecule has 3 heterocycles. The third-order valence-electron chi connectivity index (χ3n) is 3.60. The molecule has 6 nitrogen and oxygen atoms in total. The van der Waals surface area contributed by atoms with Crippen LogP contribution in [0.3, 0.4) is 0 Å². The minimum absolute atomic E-state index is 0.318. The number of nitrogens with one attached hydrogen (secondary N) is 1. The van der Waals surface area contributed by atoms with Gasteiger partial charge in [-0.05, 0) is 32.9 Å². The van der Waals surface area contributed by atoms with Crippen molar-refractivity contribution in [1.29, 1.82) is 0 Å². The second-order valence-corrected chi connectivity index (χ2v) is 5.73. The largest absolute Gasteiger partial charge is 0.366 e. The predicted octanol–water partition coefficient (Wildman–Crippen LogP) is 2.06. The van der Waals surface area contributed by atoms with Gasteiger partial charge in [0, 0.05) is 18.7 Å². The molecule has 7 heteroatoms. The molecular weight excluding hydrogens is 276 g/mol. The van der Waals surface area contributed by atoms with E-state index in [9.17, 15) is 0 Å². The minimum Gasteiger partial charge on any atom is -0.366 e. The van der Waals surface area contributed by atoms with Crippen LogP contribution in [0.4, 0.5) is 5.82 Å². The smallest absolute Gasteiger partial charge is 0.255 e. The van der Waals surface area contributed by atoms with Gasteiger partial charge in [-0.15, -0.1) is 0 Å². The summed E-state index contributed by atoms with van der Waals surface area (Å²) in [7, 11) is 0. The SMILES string of the molecule is CC(CN1CCCCC1)Nc1cc(Cl)nc2ncnn12. The van der Waals surface area contributed by atoms with Crippen molar-refractivity contribution in [1.82, 2.24) is 24.5 Å². The van der Waals surface area contributed by atoms with Crippen LogP contribution in [-0.2, 0) is 0 Å². The Hall–Kier alpha value is -1.40. The summed E-state index contributed by atoms with van der Waals surface area (Å²) in [6.07, 6.45) is 5.46. The number of anilines is 1. The Morgan fingerprint density at radius 1 is 1.35 bits per heavy atom. The monoisotopic (exact) mass is 294 g/mol. The molecule has 20 heavy (non-hydrogen) atoms. The first-order valence-corrected chi connectivity index (χ1v) is 7.45. The summed E-state index contributed by atoms with van der Waals surface area (Å²) in [4.78, 5) is 10.7. The Morgan fingerprint density at radius 2 is 2.15 bits per heavy atom. The average molecular weight is 295 g/mol. The first-order chi connectivity index (χ1) is 9.72. The highest BCUT2D eigenvalue weighted by atomic mass is 35.5. The third-order valence-corrected chi connectivity index (χ3v) is 3.79. The van der Waals surface area contributed by atoms with Crippen molar-refractivity contribution in [2.24, 2.45) is 0 Å². The number of hydrogen-bond donors (Lipinski definition) is 1. The van der Waals surface area contributed by atoms with E-state index in [1.54, 1.807) is 10.6 Å². The summed E-state index contributed by atoms with van der Waals surface area (Å²) >= 11 is 6.01. The number of halogens is 1. The maximum atomic E-state index is 6.01. The molecule has 0 aliphatic carbocycles. The molecule has 0 aromatic carbocycles. The van der Waals surface area contributed by atoms with E-state index in [2.05, 4.69) is 32.2 Å². The summed E-state index contributed by atoms with van der Waals surface area (Å²) < 4.78 is 1.68. The molecule has 1 N–H and O–H groups in total. The van der Waals surface area contributed by atoms with Crippen LogP contribution in [0.5, 0.6) is 0 Å². The van der Waals surface area contributed by atoms with E-state index in [-0.39, 0.29) is 0 Å². The normalized spacial score (nSPS) is 18.3. The molecule has 0 bridgehead atoms. The van der Waals surface area contributed by atoms with Gasteiger partial charge in [-0.1, -0.05) is 18.0 Å². The predicted molar refractivity (Wildman–Crippen MR) is 79.2 cm³/mol. The fourth-order valence-electron chi connectivity index (χ4n) is 2.71. The molecule has 2 aromatic rings. The zero-order valence-corrected chi connectivity index (χ0v) is 12.3. The van der Waals surface area contributed by atoms with Gasteiger partial charge < -0.3 is 10.2 Å². The molecule has 0 radical (unpaired) electrons. The molecule has 3 rings (SSSR count). The van der Waals surface area contributed by atoms with E-state index in [1.807, 2.05) is 0 Å². The Kier molecular flexibility index (Phi) is 4.03. The number of aromatic nitrogens is 4. The van der Waals surface area contributed by atoms with E-state index in [1.165, 1.54) is 38.7 Å². The van der Waals surface area contributed by atoms with Crippen molar-refractivity contribution in [3.63, 3.8) is 0 Å². The number of fused-ring (bicyclic) bond motifs is 1. The lowest BCUT2D eigenvalue weighted by atomic mass is 10.1. The first kappa shape index (κ1) is 13.6. The van der Waals surface area contributed by atoms with E-state index < -0.39 is 0 Å². The second-order valence-electron chi connectivity index (χ2n) is 5.34. The molecule has 0 amide bonds. The highest BCUT2D eigenvalue weighted by molar-refractivity contribution is 6.29. The van der Waals surface area contributed by atoms with Gasteiger partial charge in [0.25, 0.3) is 5.78 Å². The summed E-state index contributed by atoms with van der Waals surface area (Å²) in [6, 6.07) is 2.11. The number of likely N-dealkylation sites (tertiary alicyclic amines) is 1. The van der Waals surface area contributed by atoms with E-state index in [4.69, 9.17) is 11.6 Å². The van der Waals surface area contributed by atoms with Crippen LogP contribution in [0, 0.1) is 0 Å². The molecule has 1 atom stereocenters. The van der Waals surface area contributed by atoms with Crippen LogP contribution >= 0.6 is 11.6 Å². The molecule has 1 aliphatic rings. The van der Waals surface area contributed by atoms with Gasteiger partial charge in [0.1, 0.15) is 17.3 Å². The van der Waals surface area contributed by atoms with Crippen molar-refractivity contribution >= 4 is 23.2 Å². The van der Waals surface area contributed by atoms with Crippen molar-refractivity contribution in [3.8, 4) is 0 Å². The lowest BCUT2D eigenvalue weighted by molar-refractivity contribution is 0.223. The van der Waals surface area contributed by atoms with Gasteiger partial charge in [0.15, 0.2) is 0 Å². The molecule has 108 valence electrons. The zero-order chi connectivity index (χ0) is 13.9. The first-order valence-electron chi connectivity index (χ1n) is 7.07. The van der Waals surface area contributed by atoms with Crippen LogP contribution in [0.2, 0.25) is 5.15 Å². The summed E-state index contributed by atoms with van der Waals surface area (Å²) in [5.41, 5.74) is 0. The van der Waals surface area contributed by atoms with Crippen LogP contribution in [0.1, 0.15) is 26.2 Å². The molecule has 0 saturated carbocycles. The average Bonchev–Trinajstić information content (AvgIpc) is 2.88. The van der Waals surface area contributed by atoms with Gasteiger partial charge in [-0.2, -0.15) is 19.6 Å². The van der Waals surface area contributed by atoms with Crippen molar-refractivity contribution in [3.05, 3.63) is 17.5 Å². The molecule has 1 fully saturated rings. The summed E-state index contributed by atoms with van der Waals surface area (Å²) in [5, 5.41) is 8.05. The number of nitrogens with zero attached hydrogens (tertiary/aromatic N) is 5. The molecule has 1 saturated heterocycles.